The predicted molar refractivity (Wildman–Crippen MR) is 256 cm³/mol. The van der Waals surface area contributed by atoms with Gasteiger partial charge in [-0.2, -0.15) is 0 Å². The fourth-order valence-corrected chi connectivity index (χ4v) is 7.26. The van der Waals surface area contributed by atoms with Crippen molar-refractivity contribution in [3.8, 4) is 0 Å². The minimum Gasteiger partial charge on any atom is -0.462 e. The molecule has 0 amide bonds. The number of unbranched alkanes of at least 4 members (excludes halogenated alkanes) is 29. The van der Waals surface area contributed by atoms with E-state index in [1.807, 2.05) is 0 Å². The van der Waals surface area contributed by atoms with Crippen LogP contribution in [0.3, 0.4) is 0 Å². The lowest BCUT2D eigenvalue weighted by Crippen LogP contribution is -2.30. The molecule has 0 radical (unpaired) electrons. The van der Waals surface area contributed by atoms with Crippen LogP contribution in [0.15, 0.2) is 48.6 Å². The summed E-state index contributed by atoms with van der Waals surface area (Å²) in [6.45, 7) is 6.49. The van der Waals surface area contributed by atoms with Crippen molar-refractivity contribution in [3.63, 3.8) is 0 Å². The molecule has 0 heterocycles. The number of ether oxygens (including phenoxy) is 3. The minimum atomic E-state index is -0.779. The minimum absolute atomic E-state index is 0.0799. The van der Waals surface area contributed by atoms with E-state index >= 15 is 0 Å². The van der Waals surface area contributed by atoms with Crippen LogP contribution in [-0.2, 0) is 28.6 Å². The molecule has 1 unspecified atom stereocenters. The van der Waals surface area contributed by atoms with Gasteiger partial charge in [0, 0.05) is 19.3 Å². The molecule has 60 heavy (non-hydrogen) atoms. The lowest BCUT2D eigenvalue weighted by atomic mass is 10.0. The number of carbonyl (C=O) groups is 3. The number of allylic oxidation sites excluding steroid dienone is 8. The maximum atomic E-state index is 12.8. The van der Waals surface area contributed by atoms with Crippen LogP contribution < -0.4 is 0 Å². The number of hydrogen-bond acceptors (Lipinski definition) is 6. The van der Waals surface area contributed by atoms with Crippen LogP contribution in [0.2, 0.25) is 0 Å². The molecule has 1 atom stereocenters. The molecule has 0 aliphatic carbocycles. The zero-order chi connectivity index (χ0) is 43.7. The molecule has 0 aromatic carbocycles. The van der Waals surface area contributed by atoms with Crippen LogP contribution in [0.1, 0.15) is 258 Å². The van der Waals surface area contributed by atoms with Crippen LogP contribution in [0.25, 0.3) is 0 Å². The molecule has 6 heteroatoms. The second-order valence-electron chi connectivity index (χ2n) is 17.1. The Morgan fingerprint density at radius 2 is 0.667 bits per heavy atom. The summed E-state index contributed by atoms with van der Waals surface area (Å²) in [5, 5.41) is 0. The smallest absolute Gasteiger partial charge is 0.306 e. The van der Waals surface area contributed by atoms with Gasteiger partial charge in [-0.15, -0.1) is 0 Å². The van der Waals surface area contributed by atoms with Gasteiger partial charge in [-0.25, -0.2) is 0 Å². The molecular weight excluding hydrogens is 745 g/mol. The van der Waals surface area contributed by atoms with Crippen molar-refractivity contribution in [2.45, 2.75) is 264 Å². The third kappa shape index (κ3) is 46.4. The quantitative estimate of drug-likeness (QED) is 0.0200. The molecule has 0 spiro atoms. The van der Waals surface area contributed by atoms with E-state index in [1.165, 1.54) is 135 Å². The molecule has 0 rings (SSSR count). The van der Waals surface area contributed by atoms with Crippen LogP contribution in [0, 0.1) is 0 Å². The van der Waals surface area contributed by atoms with E-state index in [9.17, 15) is 14.4 Å². The van der Waals surface area contributed by atoms with Crippen molar-refractivity contribution in [1.82, 2.24) is 0 Å². The number of carbonyl (C=O) groups excluding carboxylic acids is 3. The lowest BCUT2D eigenvalue weighted by molar-refractivity contribution is -0.167. The van der Waals surface area contributed by atoms with Crippen LogP contribution >= 0.6 is 0 Å². The normalized spacial score (nSPS) is 12.4. The first kappa shape index (κ1) is 57.4. The van der Waals surface area contributed by atoms with E-state index in [0.717, 1.165) is 83.5 Å². The first-order valence-corrected chi connectivity index (χ1v) is 25.7. The topological polar surface area (TPSA) is 78.9 Å². The van der Waals surface area contributed by atoms with Gasteiger partial charge in [0.1, 0.15) is 13.2 Å². The highest BCUT2D eigenvalue weighted by Gasteiger charge is 2.19. The predicted octanol–water partition coefficient (Wildman–Crippen LogP) is 16.7. The zero-order valence-corrected chi connectivity index (χ0v) is 39.7. The molecule has 0 bridgehead atoms. The molecule has 0 saturated heterocycles. The fraction of sp³-hybridized carbons (Fsp3) is 0.796. The Hall–Kier alpha value is -2.63. The summed E-state index contributed by atoms with van der Waals surface area (Å²) in [7, 11) is 0. The fourth-order valence-electron chi connectivity index (χ4n) is 7.26. The first-order chi connectivity index (χ1) is 29.5. The van der Waals surface area contributed by atoms with E-state index in [0.29, 0.717) is 19.3 Å². The average Bonchev–Trinajstić information content (AvgIpc) is 3.24. The Kier molecular flexibility index (Phi) is 46.9. The Labute approximate surface area is 371 Å². The van der Waals surface area contributed by atoms with Crippen LogP contribution in [0.5, 0.6) is 0 Å². The van der Waals surface area contributed by atoms with Crippen molar-refractivity contribution >= 4 is 17.9 Å². The summed E-state index contributed by atoms with van der Waals surface area (Å²) in [6.07, 6.45) is 58.0. The van der Waals surface area contributed by atoms with Gasteiger partial charge in [-0.3, -0.25) is 14.4 Å². The van der Waals surface area contributed by atoms with E-state index in [-0.39, 0.29) is 31.1 Å². The van der Waals surface area contributed by atoms with Gasteiger partial charge in [0.05, 0.1) is 0 Å². The van der Waals surface area contributed by atoms with E-state index in [2.05, 4.69) is 69.4 Å². The summed E-state index contributed by atoms with van der Waals surface area (Å²) < 4.78 is 16.8. The largest absolute Gasteiger partial charge is 0.462 e. The molecule has 348 valence electrons. The highest BCUT2D eigenvalue weighted by Crippen LogP contribution is 2.15. The van der Waals surface area contributed by atoms with Crippen molar-refractivity contribution in [2.24, 2.45) is 0 Å². The Balaban J connectivity index is 4.38. The van der Waals surface area contributed by atoms with Gasteiger partial charge >= 0.3 is 17.9 Å². The molecular formula is C54H96O6. The second-order valence-corrected chi connectivity index (χ2v) is 17.1. The number of hydrogen-bond donors (Lipinski definition) is 0. The third-order valence-electron chi connectivity index (χ3n) is 11.1. The molecule has 0 aliphatic heterocycles. The maximum absolute atomic E-state index is 12.8. The molecule has 0 aliphatic rings. The van der Waals surface area contributed by atoms with Gasteiger partial charge in [0.2, 0.25) is 0 Å². The van der Waals surface area contributed by atoms with Crippen molar-refractivity contribution in [3.05, 3.63) is 48.6 Å². The van der Waals surface area contributed by atoms with Gasteiger partial charge in [0.25, 0.3) is 0 Å². The third-order valence-corrected chi connectivity index (χ3v) is 11.1. The second kappa shape index (κ2) is 49.0. The Morgan fingerprint density at radius 1 is 0.350 bits per heavy atom. The summed E-state index contributed by atoms with van der Waals surface area (Å²) in [5.74, 6) is -0.897. The van der Waals surface area contributed by atoms with Crippen molar-refractivity contribution in [2.75, 3.05) is 13.2 Å². The van der Waals surface area contributed by atoms with Gasteiger partial charge in [0.15, 0.2) is 6.10 Å². The first-order valence-electron chi connectivity index (χ1n) is 25.7. The standard InChI is InChI=1S/C54H96O6/c1-4-7-10-13-16-19-22-25-27-30-32-35-38-41-44-47-53(56)59-50-51(49-58-52(55)46-43-40-37-34-31-28-24-21-18-15-12-9-6-3)60-54(57)48-45-42-39-36-33-29-26-23-20-17-14-11-8-5-2/h9,12,15,18-19,21-22,24,51H,4-8,10-11,13-14,16-17,20,23,25-50H2,1-3H3/b12-9-,18-15-,22-19-,24-21-. The molecule has 0 fully saturated rings. The van der Waals surface area contributed by atoms with Crippen molar-refractivity contribution < 1.29 is 28.6 Å². The van der Waals surface area contributed by atoms with E-state index < -0.39 is 6.10 Å². The van der Waals surface area contributed by atoms with Crippen LogP contribution in [0.4, 0.5) is 0 Å². The van der Waals surface area contributed by atoms with E-state index in [1.54, 1.807) is 0 Å². The maximum Gasteiger partial charge on any atom is 0.306 e. The van der Waals surface area contributed by atoms with Crippen LogP contribution in [-0.4, -0.2) is 37.2 Å². The lowest BCUT2D eigenvalue weighted by Gasteiger charge is -2.18. The Morgan fingerprint density at radius 3 is 1.07 bits per heavy atom. The van der Waals surface area contributed by atoms with Crippen molar-refractivity contribution in [1.29, 1.82) is 0 Å². The van der Waals surface area contributed by atoms with E-state index in [4.69, 9.17) is 14.2 Å². The van der Waals surface area contributed by atoms with Gasteiger partial charge in [-0.05, 0) is 64.2 Å². The molecule has 0 aromatic heterocycles. The highest BCUT2D eigenvalue weighted by molar-refractivity contribution is 5.71. The molecule has 6 nitrogen and oxygen atoms in total. The highest BCUT2D eigenvalue weighted by atomic mass is 16.6. The molecule has 0 saturated carbocycles. The summed E-state index contributed by atoms with van der Waals surface area (Å²) in [5.41, 5.74) is 0. The summed E-state index contributed by atoms with van der Waals surface area (Å²) in [6, 6.07) is 0. The monoisotopic (exact) mass is 841 g/mol. The van der Waals surface area contributed by atoms with Gasteiger partial charge in [-0.1, -0.05) is 223 Å². The van der Waals surface area contributed by atoms with Gasteiger partial charge < -0.3 is 14.2 Å². The average molecular weight is 841 g/mol. The summed E-state index contributed by atoms with van der Waals surface area (Å²) >= 11 is 0. The number of esters is 3. The molecule has 0 N–H and O–H groups in total. The SMILES string of the molecule is CC\C=C/C=C\C=C/CCCCCCCC(=O)OCC(COC(=O)CCCCCCCCC/C=C\CCCCCC)OC(=O)CCCCCCCCCCCCCCCC. The number of rotatable bonds is 46. The Bertz CT molecular complexity index is 1060. The summed E-state index contributed by atoms with van der Waals surface area (Å²) in [4.78, 5) is 37.9. The zero-order valence-electron chi connectivity index (χ0n) is 39.7. The molecule has 0 aromatic rings.